The van der Waals surface area contributed by atoms with Gasteiger partial charge >= 0.3 is 0 Å². The zero-order valence-electron chi connectivity index (χ0n) is 12.5. The second-order valence-electron chi connectivity index (χ2n) is 5.79. The summed E-state index contributed by atoms with van der Waals surface area (Å²) in [5, 5.41) is 13.0. The van der Waals surface area contributed by atoms with Gasteiger partial charge in [-0.05, 0) is 59.0 Å². The minimum Gasteiger partial charge on any atom is -0.301 e. The molecule has 1 saturated carbocycles. The van der Waals surface area contributed by atoms with E-state index in [2.05, 4.69) is 44.0 Å². The number of hydrogen-bond acceptors (Lipinski definition) is 3. The molecule has 0 aromatic heterocycles. The third-order valence-electron chi connectivity index (χ3n) is 4.06. The van der Waals surface area contributed by atoms with E-state index in [1.807, 2.05) is 0 Å². The van der Waals surface area contributed by atoms with E-state index in [0.717, 1.165) is 32.4 Å². The molecule has 0 saturated heterocycles. The monoisotopic (exact) mass is 251 g/mol. The fraction of sp³-hybridized carbons (Fsp3) is 0.933. The van der Waals surface area contributed by atoms with E-state index in [1.165, 1.54) is 12.8 Å². The van der Waals surface area contributed by atoms with E-state index >= 15 is 0 Å². The predicted molar refractivity (Wildman–Crippen MR) is 76.4 cm³/mol. The summed E-state index contributed by atoms with van der Waals surface area (Å²) in [5.74, 6) is 0. The molecule has 1 aliphatic rings. The maximum absolute atomic E-state index is 9.46. The van der Waals surface area contributed by atoms with E-state index in [-0.39, 0.29) is 5.54 Å². The summed E-state index contributed by atoms with van der Waals surface area (Å²) in [4.78, 5) is 2.47. The van der Waals surface area contributed by atoms with Crippen molar-refractivity contribution in [3.05, 3.63) is 0 Å². The average Bonchev–Trinajstić information content (AvgIpc) is 3.16. The molecule has 3 nitrogen and oxygen atoms in total. The third-order valence-corrected chi connectivity index (χ3v) is 4.06. The molecule has 1 rings (SSSR count). The number of nitrogens with one attached hydrogen (secondary N) is 1. The van der Waals surface area contributed by atoms with Crippen molar-refractivity contribution in [2.45, 2.75) is 77.4 Å². The van der Waals surface area contributed by atoms with E-state index in [4.69, 9.17) is 0 Å². The maximum atomic E-state index is 9.46. The van der Waals surface area contributed by atoms with Crippen molar-refractivity contribution in [1.82, 2.24) is 10.2 Å². The Kier molecular flexibility index (Phi) is 6.11. The number of hydrogen-bond donors (Lipinski definition) is 1. The molecule has 0 spiro atoms. The van der Waals surface area contributed by atoms with Crippen LogP contribution in [0.5, 0.6) is 0 Å². The van der Waals surface area contributed by atoms with Crippen LogP contribution in [0.1, 0.15) is 59.8 Å². The number of nitrogens with zero attached hydrogens (tertiary/aromatic N) is 2. The summed E-state index contributed by atoms with van der Waals surface area (Å²) in [7, 11) is 0. The molecule has 1 N–H and O–H groups in total. The van der Waals surface area contributed by atoms with Gasteiger partial charge in [0.25, 0.3) is 0 Å². The first-order valence-corrected chi connectivity index (χ1v) is 7.50. The Labute approximate surface area is 113 Å². The molecule has 18 heavy (non-hydrogen) atoms. The van der Waals surface area contributed by atoms with Crippen LogP contribution in [-0.2, 0) is 0 Å². The van der Waals surface area contributed by atoms with Crippen molar-refractivity contribution in [3.63, 3.8) is 0 Å². The molecule has 0 aromatic carbocycles. The van der Waals surface area contributed by atoms with Crippen LogP contribution in [0.2, 0.25) is 0 Å². The van der Waals surface area contributed by atoms with E-state index in [0.29, 0.717) is 12.1 Å². The summed E-state index contributed by atoms with van der Waals surface area (Å²) >= 11 is 0. The van der Waals surface area contributed by atoms with Crippen molar-refractivity contribution in [2.75, 3.05) is 13.1 Å². The van der Waals surface area contributed by atoms with Gasteiger partial charge in [-0.2, -0.15) is 5.26 Å². The van der Waals surface area contributed by atoms with E-state index in [9.17, 15) is 5.26 Å². The van der Waals surface area contributed by atoms with Crippen molar-refractivity contribution >= 4 is 0 Å². The highest BCUT2D eigenvalue weighted by Crippen LogP contribution is 2.26. The van der Waals surface area contributed by atoms with Gasteiger partial charge in [-0.25, -0.2) is 0 Å². The quantitative estimate of drug-likeness (QED) is 0.685. The van der Waals surface area contributed by atoms with Gasteiger partial charge in [0.15, 0.2) is 0 Å². The van der Waals surface area contributed by atoms with Crippen LogP contribution >= 0.6 is 0 Å². The Hall–Kier alpha value is -0.590. The minimum absolute atomic E-state index is 0.280. The van der Waals surface area contributed by atoms with Gasteiger partial charge in [0.2, 0.25) is 0 Å². The summed E-state index contributed by atoms with van der Waals surface area (Å²) in [6, 6.07) is 3.74. The second-order valence-corrected chi connectivity index (χ2v) is 5.79. The van der Waals surface area contributed by atoms with Crippen LogP contribution in [0.15, 0.2) is 0 Å². The van der Waals surface area contributed by atoms with Gasteiger partial charge in [-0.1, -0.05) is 13.8 Å². The fourth-order valence-electron chi connectivity index (χ4n) is 2.50. The summed E-state index contributed by atoms with van der Waals surface area (Å²) < 4.78 is 0. The standard InChI is InChI=1S/C15H29N3/c1-5-15(12-16,17-14-8-9-14)10-7-11-18(6-2)13(3)4/h13-14,17H,5-11H2,1-4H3. The molecule has 0 aromatic rings. The lowest BCUT2D eigenvalue weighted by molar-refractivity contribution is 0.218. The highest BCUT2D eigenvalue weighted by molar-refractivity contribution is 5.09. The predicted octanol–water partition coefficient (Wildman–Crippen LogP) is 2.92. The van der Waals surface area contributed by atoms with Crippen molar-refractivity contribution in [2.24, 2.45) is 0 Å². The van der Waals surface area contributed by atoms with Gasteiger partial charge < -0.3 is 4.90 Å². The SMILES string of the molecule is CCN(CCCC(C#N)(CC)NC1CC1)C(C)C. The van der Waals surface area contributed by atoms with Crippen LogP contribution in [0.3, 0.4) is 0 Å². The Morgan fingerprint density at radius 2 is 2.06 bits per heavy atom. The lowest BCUT2D eigenvalue weighted by Crippen LogP contribution is -2.45. The van der Waals surface area contributed by atoms with Gasteiger partial charge in [0, 0.05) is 12.1 Å². The van der Waals surface area contributed by atoms with Crippen LogP contribution in [0.25, 0.3) is 0 Å². The van der Waals surface area contributed by atoms with Crippen molar-refractivity contribution in [1.29, 1.82) is 5.26 Å². The molecule has 1 aliphatic carbocycles. The van der Waals surface area contributed by atoms with Crippen LogP contribution < -0.4 is 5.32 Å². The Morgan fingerprint density at radius 1 is 1.39 bits per heavy atom. The molecule has 1 fully saturated rings. The Morgan fingerprint density at radius 3 is 2.44 bits per heavy atom. The fourth-order valence-corrected chi connectivity index (χ4v) is 2.50. The average molecular weight is 251 g/mol. The summed E-state index contributed by atoms with van der Waals surface area (Å²) in [6.45, 7) is 11.0. The molecule has 3 heteroatoms. The largest absolute Gasteiger partial charge is 0.301 e. The molecule has 1 unspecified atom stereocenters. The van der Waals surface area contributed by atoms with Crippen molar-refractivity contribution < 1.29 is 0 Å². The molecule has 0 bridgehead atoms. The lowest BCUT2D eigenvalue weighted by atomic mass is 9.91. The smallest absolute Gasteiger partial charge is 0.106 e. The highest BCUT2D eigenvalue weighted by atomic mass is 15.1. The van der Waals surface area contributed by atoms with Gasteiger partial charge in [-0.15, -0.1) is 0 Å². The van der Waals surface area contributed by atoms with E-state index < -0.39 is 0 Å². The molecule has 0 amide bonds. The normalized spacial score (nSPS) is 18.9. The topological polar surface area (TPSA) is 39.1 Å². The number of rotatable bonds is 9. The van der Waals surface area contributed by atoms with E-state index in [1.54, 1.807) is 0 Å². The third kappa shape index (κ3) is 4.59. The van der Waals surface area contributed by atoms with Crippen LogP contribution in [0, 0.1) is 11.3 Å². The second kappa shape index (κ2) is 7.11. The first-order valence-electron chi connectivity index (χ1n) is 7.50. The molecular weight excluding hydrogens is 222 g/mol. The Balaban J connectivity index is 2.39. The van der Waals surface area contributed by atoms with Crippen molar-refractivity contribution in [3.8, 4) is 6.07 Å². The Bertz CT molecular complexity index is 278. The molecule has 104 valence electrons. The van der Waals surface area contributed by atoms with Crippen LogP contribution in [-0.4, -0.2) is 35.6 Å². The molecule has 0 heterocycles. The summed E-state index contributed by atoms with van der Waals surface area (Å²) in [5.41, 5.74) is -0.280. The zero-order chi connectivity index (χ0) is 13.6. The molecule has 0 radical (unpaired) electrons. The van der Waals surface area contributed by atoms with Gasteiger partial charge in [-0.3, -0.25) is 5.32 Å². The molecular formula is C15H29N3. The van der Waals surface area contributed by atoms with Crippen LogP contribution in [0.4, 0.5) is 0 Å². The highest BCUT2D eigenvalue weighted by Gasteiger charge is 2.34. The number of nitriles is 1. The van der Waals surface area contributed by atoms with Gasteiger partial charge in [0.1, 0.15) is 5.54 Å². The molecule has 0 aliphatic heterocycles. The first kappa shape index (κ1) is 15.5. The lowest BCUT2D eigenvalue weighted by Gasteiger charge is -2.29. The van der Waals surface area contributed by atoms with Gasteiger partial charge in [0.05, 0.1) is 6.07 Å². The molecule has 1 atom stereocenters. The summed E-state index contributed by atoms with van der Waals surface area (Å²) in [6.07, 6.45) is 5.48. The minimum atomic E-state index is -0.280. The zero-order valence-corrected chi connectivity index (χ0v) is 12.5. The maximum Gasteiger partial charge on any atom is 0.106 e. The first-order chi connectivity index (χ1) is 8.56.